The van der Waals surface area contributed by atoms with E-state index in [0.29, 0.717) is 0 Å². The van der Waals surface area contributed by atoms with Crippen LogP contribution in [0.1, 0.15) is 63.9 Å². The van der Waals surface area contributed by atoms with Gasteiger partial charge in [0.1, 0.15) is 41.2 Å². The molecular weight excluding hydrogens is 889 g/mol. The van der Waals surface area contributed by atoms with Crippen molar-refractivity contribution in [3.05, 3.63) is 323 Å². The number of ether oxygens (including phenoxy) is 6. The summed E-state index contributed by atoms with van der Waals surface area (Å²) in [7, 11) is 0. The van der Waals surface area contributed by atoms with E-state index in [1.807, 2.05) is 68.4 Å². The van der Waals surface area contributed by atoms with Gasteiger partial charge >= 0.3 is 0 Å². The van der Waals surface area contributed by atoms with E-state index in [1.165, 1.54) is 0 Å². The lowest BCUT2D eigenvalue weighted by atomic mass is 9.79. The molecule has 0 amide bonds. The second-order valence-electron chi connectivity index (χ2n) is 19.0. The molecule has 2 heterocycles. The summed E-state index contributed by atoms with van der Waals surface area (Å²) in [6.07, 6.45) is -4.06. The van der Waals surface area contributed by atoms with Crippen molar-refractivity contribution in [2.75, 3.05) is 6.61 Å². The van der Waals surface area contributed by atoms with Crippen molar-refractivity contribution in [2.24, 2.45) is 0 Å². The van der Waals surface area contributed by atoms with Gasteiger partial charge in [0, 0.05) is 0 Å². The van der Waals surface area contributed by atoms with Crippen molar-refractivity contribution in [2.45, 2.75) is 67.1 Å². The molecule has 0 saturated carbocycles. The Morgan fingerprint density at radius 2 is 0.653 bits per heavy atom. The zero-order valence-corrected chi connectivity index (χ0v) is 40.5. The number of rotatable bonds is 17. The fourth-order valence-electron chi connectivity index (χ4n) is 11.0. The van der Waals surface area contributed by atoms with Gasteiger partial charge in [-0.15, -0.1) is 0 Å². The second kappa shape index (κ2) is 20.5. The molecule has 2 aliphatic rings. The van der Waals surface area contributed by atoms with Crippen molar-refractivity contribution in [1.82, 2.24) is 0 Å². The van der Waals surface area contributed by atoms with E-state index in [4.69, 9.17) is 28.4 Å². The Bertz CT molecular complexity index is 2800. The van der Waals surface area contributed by atoms with E-state index in [-0.39, 0.29) is 6.61 Å². The SMILES string of the molecule is CC1(C)O[C@H]2O[C@H]([C@@H](COC(c3ccccc3)(c3ccccc3)c3ccccc3)OC(c3ccccc3)(c3ccccc3)c3ccccc3)[C@H](OC(c3ccccc3)(c3ccccc3)c3ccccc3)[C@H]2O1. The average Bonchev–Trinajstić information content (AvgIpc) is 3.94. The second-order valence-corrected chi connectivity index (χ2v) is 19.0. The summed E-state index contributed by atoms with van der Waals surface area (Å²) in [5.41, 5.74) is 5.05. The molecule has 9 aromatic carbocycles. The number of hydrogen-bond donors (Lipinski definition) is 0. The fourth-order valence-corrected chi connectivity index (χ4v) is 11.0. The first-order valence-corrected chi connectivity index (χ1v) is 24.9. The van der Waals surface area contributed by atoms with Crippen LogP contribution in [0, 0.1) is 0 Å². The number of hydrogen-bond acceptors (Lipinski definition) is 6. The van der Waals surface area contributed by atoms with E-state index < -0.39 is 53.3 Å². The molecule has 2 saturated heterocycles. The predicted molar refractivity (Wildman–Crippen MR) is 282 cm³/mol. The number of benzene rings is 9. The highest BCUT2D eigenvalue weighted by molar-refractivity contribution is 5.51. The standard InChI is InChI=1S/C66H58O6/c1-63(2)70-61-60(71-66(55-42-24-9-25-43-55,56-44-26-10-27-45-56)57-46-28-11-29-47-57)59(68-62(61)72-63)58(69-65(52-36-18-6-19-37-52,53-38-20-7-21-39-53)54-40-22-8-23-41-54)48-67-64(49-30-12-3-13-31-49,50-32-14-4-15-33-50)51-34-16-5-17-35-51/h3-47,58-62H,48H2,1-2H3/t58-,59-,60+,61-,62-/m1/s1. The first-order chi connectivity index (χ1) is 35.4. The first-order valence-electron chi connectivity index (χ1n) is 24.9. The summed E-state index contributed by atoms with van der Waals surface area (Å²) < 4.78 is 45.3. The maximum atomic E-state index is 8.22. The zero-order chi connectivity index (χ0) is 48.9. The molecule has 0 bridgehead atoms. The van der Waals surface area contributed by atoms with Gasteiger partial charge < -0.3 is 28.4 Å². The van der Waals surface area contributed by atoms with Crippen LogP contribution in [0.3, 0.4) is 0 Å². The third-order valence-corrected chi connectivity index (χ3v) is 14.1. The maximum absolute atomic E-state index is 8.22. The zero-order valence-electron chi connectivity index (χ0n) is 40.5. The summed E-state index contributed by atoms with van der Waals surface area (Å²) in [6.45, 7) is 3.88. The average molecular weight is 947 g/mol. The molecule has 2 fully saturated rings. The Labute approximate surface area is 423 Å². The lowest BCUT2D eigenvalue weighted by Gasteiger charge is -2.45. The van der Waals surface area contributed by atoms with Gasteiger partial charge in [-0.1, -0.05) is 273 Å². The van der Waals surface area contributed by atoms with Crippen molar-refractivity contribution in [1.29, 1.82) is 0 Å². The minimum atomic E-state index is -1.20. The van der Waals surface area contributed by atoms with Gasteiger partial charge in [0.15, 0.2) is 12.1 Å². The molecule has 72 heavy (non-hydrogen) atoms. The minimum Gasteiger partial charge on any atom is -0.358 e. The predicted octanol–water partition coefficient (Wildman–Crippen LogP) is 13.6. The summed E-state index contributed by atoms with van der Waals surface area (Å²) in [5, 5.41) is 0. The fraction of sp³-hybridized carbons (Fsp3) is 0.182. The number of fused-ring (bicyclic) bond motifs is 1. The van der Waals surface area contributed by atoms with Crippen LogP contribution < -0.4 is 0 Å². The first kappa shape index (κ1) is 47.1. The van der Waals surface area contributed by atoms with Crippen molar-refractivity contribution >= 4 is 0 Å². The van der Waals surface area contributed by atoms with Gasteiger partial charge in [0.05, 0.1) is 6.61 Å². The molecule has 5 atom stereocenters. The van der Waals surface area contributed by atoms with Gasteiger partial charge in [-0.2, -0.15) is 0 Å². The van der Waals surface area contributed by atoms with Crippen LogP contribution in [0.15, 0.2) is 273 Å². The summed E-state index contributed by atoms with van der Waals surface area (Å²) in [5.74, 6) is -0.978. The van der Waals surface area contributed by atoms with Crippen molar-refractivity contribution < 1.29 is 28.4 Å². The molecule has 6 heteroatoms. The quantitative estimate of drug-likeness (QED) is 0.0848. The molecule has 0 aromatic heterocycles. The molecule has 6 nitrogen and oxygen atoms in total. The molecule has 0 aliphatic carbocycles. The summed E-state index contributed by atoms with van der Waals surface area (Å²) in [4.78, 5) is 0. The molecule has 358 valence electrons. The Balaban J connectivity index is 1.16. The van der Waals surface area contributed by atoms with Gasteiger partial charge in [0.25, 0.3) is 0 Å². The van der Waals surface area contributed by atoms with E-state index >= 15 is 0 Å². The minimum absolute atomic E-state index is 0.0231. The van der Waals surface area contributed by atoms with Crippen molar-refractivity contribution in [3.8, 4) is 0 Å². The molecule has 0 unspecified atom stereocenters. The van der Waals surface area contributed by atoms with Crippen LogP contribution in [-0.4, -0.2) is 43.1 Å². The molecule has 9 aromatic rings. The van der Waals surface area contributed by atoms with E-state index in [9.17, 15) is 0 Å². The molecule has 0 N–H and O–H groups in total. The molecular formula is C66H58O6. The van der Waals surface area contributed by atoms with Gasteiger partial charge in [-0.05, 0) is 63.9 Å². The highest BCUT2D eigenvalue weighted by Crippen LogP contribution is 2.51. The van der Waals surface area contributed by atoms with Crippen LogP contribution >= 0.6 is 0 Å². The van der Waals surface area contributed by atoms with Crippen LogP contribution in [0.5, 0.6) is 0 Å². The van der Waals surface area contributed by atoms with Crippen LogP contribution in [0.25, 0.3) is 0 Å². The monoisotopic (exact) mass is 946 g/mol. The topological polar surface area (TPSA) is 55.4 Å². The van der Waals surface area contributed by atoms with E-state index in [0.717, 1.165) is 50.1 Å². The third-order valence-electron chi connectivity index (χ3n) is 14.1. The third kappa shape index (κ3) is 8.81. The molecule has 0 spiro atoms. The van der Waals surface area contributed by atoms with Crippen LogP contribution in [-0.2, 0) is 45.2 Å². The normalized spacial score (nSPS) is 19.1. The molecule has 11 rings (SSSR count). The molecule has 0 radical (unpaired) electrons. The van der Waals surface area contributed by atoms with Gasteiger partial charge in [0.2, 0.25) is 0 Å². The summed E-state index contributed by atoms with van der Waals surface area (Å²) >= 11 is 0. The van der Waals surface area contributed by atoms with Gasteiger partial charge in [-0.25, -0.2) is 0 Å². The van der Waals surface area contributed by atoms with E-state index in [2.05, 4.69) is 218 Å². The van der Waals surface area contributed by atoms with E-state index in [1.54, 1.807) is 0 Å². The smallest absolute Gasteiger partial charge is 0.190 e. The lowest BCUT2D eigenvalue weighted by molar-refractivity contribution is -0.252. The largest absolute Gasteiger partial charge is 0.358 e. The van der Waals surface area contributed by atoms with Gasteiger partial charge in [-0.3, -0.25) is 0 Å². The van der Waals surface area contributed by atoms with Crippen LogP contribution in [0.4, 0.5) is 0 Å². The van der Waals surface area contributed by atoms with Crippen LogP contribution in [0.2, 0.25) is 0 Å². The Morgan fingerprint density at radius 3 is 0.958 bits per heavy atom. The Morgan fingerprint density at radius 1 is 0.375 bits per heavy atom. The summed E-state index contributed by atoms with van der Waals surface area (Å²) in [6, 6.07) is 94.0. The highest BCUT2D eigenvalue weighted by atomic mass is 16.8. The lowest BCUT2D eigenvalue weighted by Crippen LogP contribution is -2.53. The highest BCUT2D eigenvalue weighted by Gasteiger charge is 2.61. The van der Waals surface area contributed by atoms with Crippen molar-refractivity contribution in [3.63, 3.8) is 0 Å². The Kier molecular flexibility index (Phi) is 13.4. The molecule has 2 aliphatic heterocycles. The maximum Gasteiger partial charge on any atom is 0.190 e. The Hall–Kier alpha value is -7.26.